The Kier molecular flexibility index (Phi) is 6.83. The van der Waals surface area contributed by atoms with Gasteiger partial charge in [0.05, 0.1) is 0 Å². The van der Waals surface area contributed by atoms with Crippen LogP contribution in [0.25, 0.3) is 0 Å². The Morgan fingerprint density at radius 3 is 2.09 bits per heavy atom. The number of carbonyl (C=O) groups excluding carboxylic acids is 1. The van der Waals surface area contributed by atoms with Crippen molar-refractivity contribution in [3.8, 4) is 0 Å². The highest BCUT2D eigenvalue weighted by Gasteiger charge is 2.30. The van der Waals surface area contributed by atoms with E-state index in [2.05, 4.69) is 31.1 Å². The maximum absolute atomic E-state index is 11.7. The number of carbonyl (C=O) groups is 1. The fourth-order valence-corrected chi connectivity index (χ4v) is 2.01. The maximum atomic E-state index is 11.7. The van der Waals surface area contributed by atoms with Gasteiger partial charge < -0.3 is 5.32 Å². The molecule has 1 saturated heterocycles. The summed E-state index contributed by atoms with van der Waals surface area (Å²) in [6.07, 6.45) is -4.67. The first-order valence-corrected chi connectivity index (χ1v) is 7.07. The predicted molar refractivity (Wildman–Crippen MR) is 79.5 cm³/mol. The lowest BCUT2D eigenvalue weighted by Crippen LogP contribution is -2.52. The number of benzene rings is 1. The molecule has 7 heteroatoms. The molecule has 1 heterocycles. The summed E-state index contributed by atoms with van der Waals surface area (Å²) in [6, 6.07) is 8.62. The van der Waals surface area contributed by atoms with Crippen molar-refractivity contribution in [3.63, 3.8) is 0 Å². The molecule has 1 aliphatic heterocycles. The SMILES string of the molecule is C[C@H]1CNC[C@H](C)N1C.O=C(NC(F)(F)F)c1ccccc1. The Bertz CT molecular complexity index is 455. The van der Waals surface area contributed by atoms with E-state index < -0.39 is 12.2 Å². The molecule has 2 N–H and O–H groups in total. The molecule has 1 aliphatic rings. The van der Waals surface area contributed by atoms with E-state index in [1.54, 1.807) is 6.07 Å². The third kappa shape index (κ3) is 6.44. The Morgan fingerprint density at radius 2 is 1.68 bits per heavy atom. The molecule has 0 unspecified atom stereocenters. The van der Waals surface area contributed by atoms with Crippen molar-refractivity contribution in [2.45, 2.75) is 32.2 Å². The van der Waals surface area contributed by atoms with Crippen LogP contribution in [-0.4, -0.2) is 49.3 Å². The van der Waals surface area contributed by atoms with E-state index in [0.717, 1.165) is 18.4 Å². The van der Waals surface area contributed by atoms with E-state index >= 15 is 0 Å². The Labute approximate surface area is 128 Å². The lowest BCUT2D eigenvalue weighted by molar-refractivity contribution is -0.146. The first-order chi connectivity index (χ1) is 10.2. The second-order valence-electron chi connectivity index (χ2n) is 5.34. The average Bonchev–Trinajstić information content (AvgIpc) is 2.44. The van der Waals surface area contributed by atoms with Crippen LogP contribution in [0.15, 0.2) is 30.3 Å². The predicted octanol–water partition coefficient (Wildman–Crippen LogP) is 2.23. The first-order valence-electron chi connectivity index (χ1n) is 7.07. The highest BCUT2D eigenvalue weighted by atomic mass is 19.4. The fraction of sp³-hybridized carbons (Fsp3) is 0.533. The van der Waals surface area contributed by atoms with Crippen LogP contribution in [0.4, 0.5) is 13.2 Å². The monoisotopic (exact) mass is 317 g/mol. The minimum atomic E-state index is -4.67. The molecule has 22 heavy (non-hydrogen) atoms. The molecule has 0 saturated carbocycles. The van der Waals surface area contributed by atoms with Crippen molar-refractivity contribution in [1.82, 2.24) is 15.5 Å². The number of likely N-dealkylation sites (N-methyl/N-ethyl adjacent to an activating group) is 1. The molecule has 0 spiro atoms. The van der Waals surface area contributed by atoms with E-state index in [4.69, 9.17) is 0 Å². The molecule has 0 aromatic heterocycles. The van der Waals surface area contributed by atoms with Gasteiger partial charge in [0.15, 0.2) is 0 Å². The van der Waals surface area contributed by atoms with Gasteiger partial charge in [-0.2, -0.15) is 13.2 Å². The number of halogens is 3. The fourth-order valence-electron chi connectivity index (χ4n) is 2.01. The smallest absolute Gasteiger partial charge is 0.314 e. The van der Waals surface area contributed by atoms with Crippen molar-refractivity contribution in [3.05, 3.63) is 35.9 Å². The Hall–Kier alpha value is -1.60. The molecule has 0 aliphatic carbocycles. The number of alkyl halides is 3. The van der Waals surface area contributed by atoms with Gasteiger partial charge in [-0.05, 0) is 33.0 Å². The van der Waals surface area contributed by atoms with Crippen molar-refractivity contribution in [2.75, 3.05) is 20.1 Å². The van der Waals surface area contributed by atoms with Crippen molar-refractivity contribution >= 4 is 5.91 Å². The largest absolute Gasteiger partial charge is 0.484 e. The van der Waals surface area contributed by atoms with Crippen LogP contribution < -0.4 is 10.6 Å². The van der Waals surface area contributed by atoms with Gasteiger partial charge in [0, 0.05) is 30.7 Å². The van der Waals surface area contributed by atoms with Gasteiger partial charge in [0.25, 0.3) is 5.91 Å². The molecule has 2 atom stereocenters. The minimum Gasteiger partial charge on any atom is -0.314 e. The summed E-state index contributed by atoms with van der Waals surface area (Å²) in [4.78, 5) is 13.2. The molecule has 1 amide bonds. The van der Waals surface area contributed by atoms with Gasteiger partial charge in [0.2, 0.25) is 0 Å². The third-order valence-electron chi connectivity index (χ3n) is 3.56. The number of hydrogen-bond donors (Lipinski definition) is 2. The molecule has 2 rings (SSSR count). The summed E-state index contributed by atoms with van der Waals surface area (Å²) in [5, 5.41) is 4.27. The number of amides is 1. The number of piperazine rings is 1. The van der Waals surface area contributed by atoms with Crippen molar-refractivity contribution in [1.29, 1.82) is 0 Å². The van der Waals surface area contributed by atoms with Gasteiger partial charge in [-0.1, -0.05) is 18.2 Å². The van der Waals surface area contributed by atoms with Gasteiger partial charge in [-0.15, -0.1) is 0 Å². The molecule has 0 radical (unpaired) electrons. The van der Waals surface area contributed by atoms with Crippen LogP contribution in [0.3, 0.4) is 0 Å². The van der Waals surface area contributed by atoms with Crippen molar-refractivity contribution in [2.24, 2.45) is 0 Å². The molecular formula is C15H22F3N3O. The summed E-state index contributed by atoms with van der Waals surface area (Å²) in [7, 11) is 2.19. The number of hydrogen-bond acceptors (Lipinski definition) is 3. The second kappa shape index (κ2) is 8.14. The molecule has 124 valence electrons. The Balaban J connectivity index is 0.000000235. The van der Waals surface area contributed by atoms with Gasteiger partial charge in [-0.3, -0.25) is 15.0 Å². The third-order valence-corrected chi connectivity index (χ3v) is 3.56. The summed E-state index contributed by atoms with van der Waals surface area (Å²) >= 11 is 0. The standard InChI is InChI=1S/C8H6F3NO.C7H16N2/c9-8(10,11)12-7(13)6-4-2-1-3-5-6;1-6-4-8-5-7(2)9(6)3/h1-5H,(H,12,13);6-8H,4-5H2,1-3H3/t;6-,7-/m.0/s1. The summed E-state index contributed by atoms with van der Waals surface area (Å²) < 4.78 is 35.0. The lowest BCUT2D eigenvalue weighted by Gasteiger charge is -2.36. The van der Waals surface area contributed by atoms with Crippen LogP contribution in [0, 0.1) is 0 Å². The highest BCUT2D eigenvalue weighted by Crippen LogP contribution is 2.11. The molecule has 1 fully saturated rings. The van der Waals surface area contributed by atoms with Crippen LogP contribution in [0.1, 0.15) is 24.2 Å². The number of nitrogens with zero attached hydrogens (tertiary/aromatic N) is 1. The molecule has 1 aromatic rings. The van der Waals surface area contributed by atoms with E-state index in [-0.39, 0.29) is 5.56 Å². The first kappa shape index (κ1) is 18.4. The minimum absolute atomic E-state index is 0.0141. The Morgan fingerprint density at radius 1 is 1.18 bits per heavy atom. The second-order valence-corrected chi connectivity index (χ2v) is 5.34. The van der Waals surface area contributed by atoms with E-state index in [1.807, 2.05) is 0 Å². The highest BCUT2D eigenvalue weighted by molar-refractivity contribution is 5.94. The zero-order valence-electron chi connectivity index (χ0n) is 12.9. The van der Waals surface area contributed by atoms with E-state index in [9.17, 15) is 18.0 Å². The van der Waals surface area contributed by atoms with Crippen molar-refractivity contribution < 1.29 is 18.0 Å². The zero-order chi connectivity index (χ0) is 16.8. The van der Waals surface area contributed by atoms with Crippen LogP contribution >= 0.6 is 0 Å². The van der Waals surface area contributed by atoms with E-state index in [0.29, 0.717) is 12.1 Å². The average molecular weight is 317 g/mol. The van der Waals surface area contributed by atoms with Crippen LogP contribution in [-0.2, 0) is 0 Å². The quantitative estimate of drug-likeness (QED) is 0.781. The number of nitrogens with one attached hydrogen (secondary N) is 2. The number of rotatable bonds is 1. The summed E-state index contributed by atoms with van der Waals surface area (Å²) in [5.74, 6) is -1.15. The summed E-state index contributed by atoms with van der Waals surface area (Å²) in [5.41, 5.74) is -0.0141. The maximum Gasteiger partial charge on any atom is 0.484 e. The molecule has 1 aromatic carbocycles. The zero-order valence-corrected chi connectivity index (χ0v) is 12.9. The van der Waals surface area contributed by atoms with Gasteiger partial charge in [0.1, 0.15) is 0 Å². The van der Waals surface area contributed by atoms with Gasteiger partial charge >= 0.3 is 6.30 Å². The topological polar surface area (TPSA) is 44.4 Å². The molecule has 0 bridgehead atoms. The van der Waals surface area contributed by atoms with Crippen LogP contribution in [0.2, 0.25) is 0 Å². The molecule has 4 nitrogen and oxygen atoms in total. The normalized spacial score (nSPS) is 22.5. The van der Waals surface area contributed by atoms with E-state index in [1.165, 1.54) is 24.3 Å². The van der Waals surface area contributed by atoms with Gasteiger partial charge in [-0.25, -0.2) is 0 Å². The lowest BCUT2D eigenvalue weighted by atomic mass is 10.1. The van der Waals surface area contributed by atoms with Crippen LogP contribution in [0.5, 0.6) is 0 Å². The molecular weight excluding hydrogens is 295 g/mol. The summed E-state index contributed by atoms with van der Waals surface area (Å²) in [6.45, 7) is 6.78.